The van der Waals surface area contributed by atoms with Gasteiger partial charge in [-0.05, 0) is 40.5 Å². The van der Waals surface area contributed by atoms with Crippen LogP contribution in [-0.2, 0) is 18.8 Å². The molecule has 1 heterocycles. The maximum atomic E-state index is 5.65. The van der Waals surface area contributed by atoms with Crippen molar-refractivity contribution in [1.82, 2.24) is 14.8 Å². The van der Waals surface area contributed by atoms with E-state index in [1.807, 2.05) is 16.7 Å². The highest BCUT2D eigenvalue weighted by Crippen LogP contribution is 2.29. The van der Waals surface area contributed by atoms with Crippen LogP contribution < -0.4 is 10.5 Å². The molecule has 0 bridgehead atoms. The molecule has 1 aromatic heterocycles. The first-order chi connectivity index (χ1) is 9.69. The lowest BCUT2D eigenvalue weighted by Gasteiger charge is -2.07. The van der Waals surface area contributed by atoms with Gasteiger partial charge < -0.3 is 15.0 Å². The van der Waals surface area contributed by atoms with E-state index in [0.717, 1.165) is 33.5 Å². The number of aromatic nitrogens is 3. The molecule has 0 spiro atoms. The van der Waals surface area contributed by atoms with Gasteiger partial charge in [0.2, 0.25) is 0 Å². The Morgan fingerprint density at radius 3 is 2.80 bits per heavy atom. The minimum absolute atomic E-state index is 0.412. The summed E-state index contributed by atoms with van der Waals surface area (Å²) in [4.78, 5) is 0. The Labute approximate surface area is 131 Å². The predicted molar refractivity (Wildman–Crippen MR) is 83.8 cm³/mol. The fourth-order valence-electron chi connectivity index (χ4n) is 1.84. The van der Waals surface area contributed by atoms with Crippen LogP contribution in [0.2, 0.25) is 0 Å². The summed E-state index contributed by atoms with van der Waals surface area (Å²) in [5, 5.41) is 9.19. The van der Waals surface area contributed by atoms with Gasteiger partial charge in [0.15, 0.2) is 5.16 Å². The summed E-state index contributed by atoms with van der Waals surface area (Å²) in [6.07, 6.45) is 0. The maximum Gasteiger partial charge on any atom is 0.191 e. The van der Waals surface area contributed by atoms with E-state index in [-0.39, 0.29) is 0 Å². The van der Waals surface area contributed by atoms with Gasteiger partial charge in [-0.2, -0.15) is 0 Å². The SMILES string of the molecule is CCn1c(CN)nnc1SCc1ccc(OC)c(Br)c1. The van der Waals surface area contributed by atoms with Crippen LogP contribution in [0.5, 0.6) is 5.75 Å². The molecule has 2 aromatic rings. The van der Waals surface area contributed by atoms with Crippen molar-refractivity contribution in [1.29, 1.82) is 0 Å². The summed E-state index contributed by atoms with van der Waals surface area (Å²) >= 11 is 5.15. The monoisotopic (exact) mass is 356 g/mol. The number of thioether (sulfide) groups is 1. The summed E-state index contributed by atoms with van der Waals surface area (Å²) in [6.45, 7) is 3.31. The number of methoxy groups -OCH3 is 1. The molecular weight excluding hydrogens is 340 g/mol. The molecule has 0 unspecified atom stereocenters. The van der Waals surface area contributed by atoms with Crippen LogP contribution in [0.3, 0.4) is 0 Å². The molecule has 2 rings (SSSR count). The minimum Gasteiger partial charge on any atom is -0.496 e. The minimum atomic E-state index is 0.412. The fraction of sp³-hybridized carbons (Fsp3) is 0.385. The van der Waals surface area contributed by atoms with Gasteiger partial charge in [0.25, 0.3) is 0 Å². The molecule has 0 aliphatic carbocycles. The van der Waals surface area contributed by atoms with Crippen LogP contribution in [-0.4, -0.2) is 21.9 Å². The highest BCUT2D eigenvalue weighted by atomic mass is 79.9. The van der Waals surface area contributed by atoms with E-state index in [1.165, 1.54) is 5.56 Å². The van der Waals surface area contributed by atoms with Crippen molar-refractivity contribution in [2.24, 2.45) is 5.73 Å². The first-order valence-electron chi connectivity index (χ1n) is 6.27. The van der Waals surface area contributed by atoms with Gasteiger partial charge >= 0.3 is 0 Å². The Morgan fingerprint density at radius 2 is 2.20 bits per heavy atom. The zero-order chi connectivity index (χ0) is 14.5. The van der Waals surface area contributed by atoms with E-state index in [1.54, 1.807) is 18.9 Å². The van der Waals surface area contributed by atoms with Crippen LogP contribution in [0.15, 0.2) is 27.8 Å². The third kappa shape index (κ3) is 3.34. The van der Waals surface area contributed by atoms with Gasteiger partial charge in [-0.1, -0.05) is 17.8 Å². The van der Waals surface area contributed by atoms with E-state index in [9.17, 15) is 0 Å². The molecule has 0 atom stereocenters. The number of halogens is 1. The quantitative estimate of drug-likeness (QED) is 0.806. The lowest BCUT2D eigenvalue weighted by molar-refractivity contribution is 0.412. The highest BCUT2D eigenvalue weighted by Gasteiger charge is 2.10. The summed E-state index contributed by atoms with van der Waals surface area (Å²) in [5.74, 6) is 2.48. The molecular formula is C13H17BrN4OS. The van der Waals surface area contributed by atoms with Crippen molar-refractivity contribution in [3.05, 3.63) is 34.1 Å². The van der Waals surface area contributed by atoms with Gasteiger partial charge in [0.1, 0.15) is 11.6 Å². The van der Waals surface area contributed by atoms with Gasteiger partial charge in [0.05, 0.1) is 18.1 Å². The van der Waals surface area contributed by atoms with Crippen LogP contribution in [0.25, 0.3) is 0 Å². The Bertz CT molecular complexity index is 588. The van der Waals surface area contributed by atoms with Crippen LogP contribution in [0.1, 0.15) is 18.3 Å². The second kappa shape index (κ2) is 7.10. The molecule has 0 saturated heterocycles. The van der Waals surface area contributed by atoms with Gasteiger partial charge in [-0.25, -0.2) is 0 Å². The number of hydrogen-bond donors (Lipinski definition) is 1. The molecule has 20 heavy (non-hydrogen) atoms. The van der Waals surface area contributed by atoms with Gasteiger partial charge in [-0.3, -0.25) is 0 Å². The lowest BCUT2D eigenvalue weighted by Crippen LogP contribution is -2.08. The third-order valence-corrected chi connectivity index (χ3v) is 4.53. The number of nitrogens with two attached hydrogens (primary N) is 1. The number of hydrogen-bond acceptors (Lipinski definition) is 5. The number of benzene rings is 1. The summed E-state index contributed by atoms with van der Waals surface area (Å²) < 4.78 is 8.22. The third-order valence-electron chi connectivity index (χ3n) is 2.88. The largest absolute Gasteiger partial charge is 0.496 e. The van der Waals surface area contributed by atoms with Crippen molar-refractivity contribution >= 4 is 27.7 Å². The number of ether oxygens (including phenoxy) is 1. The van der Waals surface area contributed by atoms with E-state index < -0.39 is 0 Å². The van der Waals surface area contributed by atoms with Crippen molar-refractivity contribution in [3.8, 4) is 5.75 Å². The van der Waals surface area contributed by atoms with Crippen molar-refractivity contribution in [3.63, 3.8) is 0 Å². The van der Waals surface area contributed by atoms with E-state index in [0.29, 0.717) is 6.54 Å². The number of nitrogens with zero attached hydrogens (tertiary/aromatic N) is 3. The normalized spacial score (nSPS) is 10.8. The topological polar surface area (TPSA) is 66.0 Å². The molecule has 5 nitrogen and oxygen atoms in total. The lowest BCUT2D eigenvalue weighted by atomic mass is 10.2. The first-order valence-corrected chi connectivity index (χ1v) is 8.04. The first kappa shape index (κ1) is 15.3. The van der Waals surface area contributed by atoms with E-state index in [4.69, 9.17) is 10.5 Å². The molecule has 7 heteroatoms. The molecule has 108 valence electrons. The van der Waals surface area contributed by atoms with Crippen molar-refractivity contribution in [2.75, 3.05) is 7.11 Å². The second-order valence-corrected chi connectivity index (χ2v) is 5.90. The van der Waals surface area contributed by atoms with Crippen LogP contribution >= 0.6 is 27.7 Å². The zero-order valence-electron chi connectivity index (χ0n) is 11.5. The summed E-state index contributed by atoms with van der Waals surface area (Å²) in [5.41, 5.74) is 6.84. The van der Waals surface area contributed by atoms with E-state index in [2.05, 4.69) is 39.1 Å². The summed E-state index contributed by atoms with van der Waals surface area (Å²) in [7, 11) is 1.66. The molecule has 0 saturated carbocycles. The Balaban J connectivity index is 2.09. The average Bonchev–Trinajstić information content (AvgIpc) is 2.87. The Hall–Kier alpha value is -1.05. The molecule has 0 aliphatic rings. The van der Waals surface area contributed by atoms with Crippen molar-refractivity contribution < 1.29 is 4.74 Å². The maximum absolute atomic E-state index is 5.65. The van der Waals surface area contributed by atoms with Crippen molar-refractivity contribution in [2.45, 2.75) is 30.9 Å². The number of rotatable bonds is 6. The second-order valence-electron chi connectivity index (χ2n) is 4.10. The summed E-state index contributed by atoms with van der Waals surface area (Å²) in [6, 6.07) is 6.06. The standard InChI is InChI=1S/C13H17BrN4OS/c1-3-18-12(7-15)16-17-13(18)20-8-9-4-5-11(19-2)10(14)6-9/h4-6H,3,7-8,15H2,1-2H3. The zero-order valence-corrected chi connectivity index (χ0v) is 13.9. The Morgan fingerprint density at radius 1 is 1.40 bits per heavy atom. The van der Waals surface area contributed by atoms with Crippen LogP contribution in [0, 0.1) is 0 Å². The van der Waals surface area contributed by atoms with Gasteiger partial charge in [0, 0.05) is 12.3 Å². The van der Waals surface area contributed by atoms with Crippen LogP contribution in [0.4, 0.5) is 0 Å². The Kier molecular flexibility index (Phi) is 5.45. The molecule has 0 aliphatic heterocycles. The highest BCUT2D eigenvalue weighted by molar-refractivity contribution is 9.10. The van der Waals surface area contributed by atoms with Gasteiger partial charge in [-0.15, -0.1) is 10.2 Å². The molecule has 2 N–H and O–H groups in total. The average molecular weight is 357 g/mol. The predicted octanol–water partition coefficient (Wildman–Crippen LogP) is 2.82. The smallest absolute Gasteiger partial charge is 0.191 e. The molecule has 0 fully saturated rings. The fourth-order valence-corrected chi connectivity index (χ4v) is 3.39. The molecule has 1 aromatic carbocycles. The van der Waals surface area contributed by atoms with E-state index >= 15 is 0 Å². The molecule has 0 radical (unpaired) electrons. The molecule has 0 amide bonds.